The summed E-state index contributed by atoms with van der Waals surface area (Å²) in [7, 11) is 0. The van der Waals surface area contributed by atoms with Crippen LogP contribution >= 0.6 is 15.9 Å². The summed E-state index contributed by atoms with van der Waals surface area (Å²) in [6.45, 7) is 1.85. The first-order valence-corrected chi connectivity index (χ1v) is 5.61. The van der Waals surface area contributed by atoms with Crippen molar-refractivity contribution in [3.05, 3.63) is 41.4 Å². The Balaban J connectivity index is 2.44. The van der Waals surface area contributed by atoms with Gasteiger partial charge in [-0.2, -0.15) is 0 Å². The Morgan fingerprint density at radius 1 is 1.40 bits per heavy atom. The lowest BCUT2D eigenvalue weighted by atomic mass is 10.1. The number of benzene rings is 1. The molecular weight excluding hydrogens is 261 g/mol. The van der Waals surface area contributed by atoms with Gasteiger partial charge in [-0.3, -0.25) is 0 Å². The highest BCUT2D eigenvalue weighted by atomic mass is 79.9. The van der Waals surface area contributed by atoms with Crippen LogP contribution in [0.1, 0.15) is 11.3 Å². The van der Waals surface area contributed by atoms with Gasteiger partial charge in [0.05, 0.1) is 5.33 Å². The molecule has 0 amide bonds. The summed E-state index contributed by atoms with van der Waals surface area (Å²) in [5, 5.41) is 4.55. The number of nitrogens with zero attached hydrogens (tertiary/aromatic N) is 1. The molecule has 15 heavy (non-hydrogen) atoms. The largest absolute Gasteiger partial charge is 0.360 e. The molecule has 0 spiro atoms. The quantitative estimate of drug-likeness (QED) is 0.778. The molecular formula is C11H9BrFNO. The fraction of sp³-hybridized carbons (Fsp3) is 0.182. The van der Waals surface area contributed by atoms with Crippen LogP contribution in [-0.2, 0) is 5.33 Å². The molecule has 2 nitrogen and oxygen atoms in total. The van der Waals surface area contributed by atoms with Crippen LogP contribution in [-0.4, -0.2) is 5.16 Å². The van der Waals surface area contributed by atoms with Gasteiger partial charge in [0.15, 0.2) is 0 Å². The molecule has 0 aliphatic heterocycles. The minimum Gasteiger partial charge on any atom is -0.360 e. The molecule has 0 unspecified atom stereocenters. The van der Waals surface area contributed by atoms with Gasteiger partial charge in [0, 0.05) is 11.6 Å². The van der Waals surface area contributed by atoms with Crippen molar-refractivity contribution in [1.82, 2.24) is 5.16 Å². The number of rotatable bonds is 2. The molecule has 0 saturated heterocycles. The lowest BCUT2D eigenvalue weighted by Gasteiger charge is -2.00. The van der Waals surface area contributed by atoms with E-state index in [4.69, 9.17) is 4.52 Å². The maximum absolute atomic E-state index is 12.9. The zero-order chi connectivity index (χ0) is 10.8. The average Bonchev–Trinajstić information content (AvgIpc) is 2.66. The molecule has 1 aromatic carbocycles. The molecule has 0 bridgehead atoms. The third-order valence-electron chi connectivity index (χ3n) is 2.16. The molecule has 1 heterocycles. The molecule has 2 rings (SSSR count). The zero-order valence-corrected chi connectivity index (χ0v) is 9.71. The van der Waals surface area contributed by atoms with E-state index in [2.05, 4.69) is 21.1 Å². The highest BCUT2D eigenvalue weighted by Crippen LogP contribution is 2.24. The summed E-state index contributed by atoms with van der Waals surface area (Å²) in [6, 6.07) is 6.46. The second-order valence-electron chi connectivity index (χ2n) is 3.27. The fourth-order valence-electron chi connectivity index (χ4n) is 1.42. The third kappa shape index (κ3) is 2.09. The van der Waals surface area contributed by atoms with Gasteiger partial charge in [-0.05, 0) is 30.7 Å². The Bertz CT molecular complexity index is 481. The number of hydrogen-bond donors (Lipinski definition) is 0. The molecule has 0 radical (unpaired) electrons. The van der Waals surface area contributed by atoms with Crippen LogP contribution in [0, 0.1) is 12.7 Å². The van der Waals surface area contributed by atoms with Crippen LogP contribution in [0.2, 0.25) is 0 Å². The first-order chi connectivity index (χ1) is 7.20. The molecule has 0 aliphatic rings. The average molecular weight is 270 g/mol. The van der Waals surface area contributed by atoms with Crippen LogP contribution in [0.25, 0.3) is 11.3 Å². The van der Waals surface area contributed by atoms with Gasteiger partial charge >= 0.3 is 0 Å². The topological polar surface area (TPSA) is 26.0 Å². The van der Waals surface area contributed by atoms with Crippen molar-refractivity contribution in [3.63, 3.8) is 0 Å². The normalized spacial score (nSPS) is 10.6. The lowest BCUT2D eigenvalue weighted by Crippen LogP contribution is -1.84. The summed E-state index contributed by atoms with van der Waals surface area (Å²) >= 11 is 3.28. The highest BCUT2D eigenvalue weighted by molar-refractivity contribution is 9.08. The number of halogens is 2. The summed E-state index contributed by atoms with van der Waals surface area (Å²) in [4.78, 5) is 0. The van der Waals surface area contributed by atoms with Crippen molar-refractivity contribution in [2.45, 2.75) is 12.3 Å². The summed E-state index contributed by atoms with van der Waals surface area (Å²) < 4.78 is 17.9. The molecule has 2 aromatic rings. The summed E-state index contributed by atoms with van der Waals surface area (Å²) in [5.41, 5.74) is 2.48. The van der Waals surface area contributed by atoms with Gasteiger partial charge in [-0.15, -0.1) is 0 Å². The molecule has 0 atom stereocenters. The standard InChI is InChI=1S/C11H9BrFNO/c1-7-4-8(13)2-3-10(7)11-5-9(6-12)15-14-11/h2-5H,6H2,1H3. The molecule has 0 aliphatic carbocycles. The van der Waals surface area contributed by atoms with Crippen molar-refractivity contribution in [2.75, 3.05) is 0 Å². The van der Waals surface area contributed by atoms with Crippen molar-refractivity contribution < 1.29 is 8.91 Å². The zero-order valence-electron chi connectivity index (χ0n) is 8.13. The Morgan fingerprint density at radius 2 is 2.20 bits per heavy atom. The predicted octanol–water partition coefficient (Wildman–Crippen LogP) is 3.68. The van der Waals surface area contributed by atoms with Gasteiger partial charge in [-0.25, -0.2) is 4.39 Å². The number of hydrogen-bond acceptors (Lipinski definition) is 2. The maximum atomic E-state index is 12.9. The highest BCUT2D eigenvalue weighted by Gasteiger charge is 2.08. The summed E-state index contributed by atoms with van der Waals surface area (Å²) in [5.74, 6) is 0.522. The van der Waals surface area contributed by atoms with Gasteiger partial charge in [0.1, 0.15) is 17.3 Å². The molecule has 4 heteroatoms. The van der Waals surface area contributed by atoms with E-state index >= 15 is 0 Å². The van der Waals surface area contributed by atoms with E-state index in [9.17, 15) is 4.39 Å². The van der Waals surface area contributed by atoms with Gasteiger partial charge in [0.2, 0.25) is 0 Å². The second kappa shape index (κ2) is 4.14. The van der Waals surface area contributed by atoms with Crippen LogP contribution < -0.4 is 0 Å². The van der Waals surface area contributed by atoms with E-state index < -0.39 is 0 Å². The second-order valence-corrected chi connectivity index (χ2v) is 3.83. The number of aromatic nitrogens is 1. The van der Waals surface area contributed by atoms with E-state index in [0.29, 0.717) is 5.33 Å². The predicted molar refractivity (Wildman–Crippen MR) is 59.3 cm³/mol. The molecule has 1 aromatic heterocycles. The Hall–Kier alpha value is -1.16. The van der Waals surface area contributed by atoms with Crippen LogP contribution in [0.3, 0.4) is 0 Å². The van der Waals surface area contributed by atoms with Gasteiger partial charge in [-0.1, -0.05) is 21.1 Å². The van der Waals surface area contributed by atoms with Crippen LogP contribution in [0.5, 0.6) is 0 Å². The molecule has 0 fully saturated rings. The summed E-state index contributed by atoms with van der Waals surface area (Å²) in [6.07, 6.45) is 0. The van der Waals surface area contributed by atoms with E-state index in [1.54, 1.807) is 6.07 Å². The van der Waals surface area contributed by atoms with Gasteiger partial charge in [0.25, 0.3) is 0 Å². The Kier molecular flexibility index (Phi) is 2.86. The molecule has 0 N–H and O–H groups in total. The minimum atomic E-state index is -0.236. The van der Waals surface area contributed by atoms with Crippen LogP contribution in [0.15, 0.2) is 28.8 Å². The van der Waals surface area contributed by atoms with E-state index in [0.717, 1.165) is 22.6 Å². The molecule has 0 saturated carbocycles. The fourth-order valence-corrected chi connectivity index (χ4v) is 1.68. The first-order valence-electron chi connectivity index (χ1n) is 4.49. The van der Waals surface area contributed by atoms with E-state index in [1.807, 2.05) is 13.0 Å². The van der Waals surface area contributed by atoms with Crippen molar-refractivity contribution in [2.24, 2.45) is 0 Å². The van der Waals surface area contributed by atoms with E-state index in [1.165, 1.54) is 12.1 Å². The smallest absolute Gasteiger partial charge is 0.147 e. The minimum absolute atomic E-state index is 0.236. The van der Waals surface area contributed by atoms with Gasteiger partial charge < -0.3 is 4.52 Å². The Labute approximate surface area is 95.2 Å². The third-order valence-corrected chi connectivity index (χ3v) is 2.71. The van der Waals surface area contributed by atoms with E-state index in [-0.39, 0.29) is 5.82 Å². The first kappa shape index (κ1) is 10.4. The van der Waals surface area contributed by atoms with Crippen molar-refractivity contribution in [3.8, 4) is 11.3 Å². The number of aryl methyl sites for hydroxylation is 1. The maximum Gasteiger partial charge on any atom is 0.147 e. The SMILES string of the molecule is Cc1cc(F)ccc1-c1cc(CBr)on1. The Morgan fingerprint density at radius 3 is 2.80 bits per heavy atom. The monoisotopic (exact) mass is 269 g/mol. The van der Waals surface area contributed by atoms with Crippen molar-refractivity contribution in [1.29, 1.82) is 0 Å². The van der Waals surface area contributed by atoms with Crippen LogP contribution in [0.4, 0.5) is 4.39 Å². The van der Waals surface area contributed by atoms with Crippen molar-refractivity contribution >= 4 is 15.9 Å². The lowest BCUT2D eigenvalue weighted by molar-refractivity contribution is 0.398. The number of alkyl halides is 1. The molecule has 78 valence electrons.